The maximum atomic E-state index is 11.8. The number of nitro benzene ring substituents is 1. The van der Waals surface area contributed by atoms with Gasteiger partial charge in [-0.05, 0) is 0 Å². The van der Waals surface area contributed by atoms with Gasteiger partial charge in [-0.1, -0.05) is 30.4 Å². The van der Waals surface area contributed by atoms with Crippen molar-refractivity contribution in [2.45, 2.75) is 19.8 Å². The van der Waals surface area contributed by atoms with Crippen molar-refractivity contribution >= 4 is 40.2 Å². The molecule has 2 aromatic rings. The first-order chi connectivity index (χ1) is 12.0. The summed E-state index contributed by atoms with van der Waals surface area (Å²) < 4.78 is 0. The second kappa shape index (κ2) is 8.59. The number of nitrogens with one attached hydrogen (secondary N) is 2. The number of benzene rings is 1. The monoisotopic (exact) mass is 362 g/mol. The van der Waals surface area contributed by atoms with Gasteiger partial charge in [0.15, 0.2) is 0 Å². The Morgan fingerprint density at radius 3 is 2.88 bits per heavy atom. The fraction of sp³-hybridized carbons (Fsp3) is 0.214. The van der Waals surface area contributed by atoms with Gasteiger partial charge >= 0.3 is 0 Å². The Morgan fingerprint density at radius 1 is 1.36 bits per heavy atom. The fourth-order valence-corrected chi connectivity index (χ4v) is 2.41. The molecule has 0 radical (unpaired) electrons. The van der Waals surface area contributed by atoms with Crippen molar-refractivity contribution in [1.29, 1.82) is 0 Å². The molecule has 11 heteroatoms. The lowest BCUT2D eigenvalue weighted by atomic mass is 10.2. The summed E-state index contributed by atoms with van der Waals surface area (Å²) >= 11 is 1.10. The SMILES string of the molecule is CCC(=O)Nc1nnc(CC(=O)N/N=C\c2cccc([N+](=O)[O-])c2)s1. The first kappa shape index (κ1) is 18.1. The highest BCUT2D eigenvalue weighted by Crippen LogP contribution is 2.15. The average Bonchev–Trinajstić information content (AvgIpc) is 3.01. The minimum atomic E-state index is -0.514. The number of non-ortho nitro benzene ring substituents is 1. The highest BCUT2D eigenvalue weighted by molar-refractivity contribution is 7.15. The number of aromatic nitrogens is 2. The number of carbonyl (C=O) groups excluding carboxylic acids is 2. The average molecular weight is 362 g/mol. The molecule has 2 amide bonds. The first-order valence-corrected chi connectivity index (χ1v) is 7.98. The number of nitrogens with zero attached hydrogens (tertiary/aromatic N) is 4. The number of hydrazone groups is 1. The van der Waals surface area contributed by atoms with Crippen molar-refractivity contribution in [3.05, 3.63) is 45.0 Å². The summed E-state index contributed by atoms with van der Waals surface area (Å²) in [6.07, 6.45) is 1.58. The predicted molar refractivity (Wildman–Crippen MR) is 91.4 cm³/mol. The molecule has 0 saturated heterocycles. The summed E-state index contributed by atoms with van der Waals surface area (Å²) in [7, 11) is 0. The summed E-state index contributed by atoms with van der Waals surface area (Å²) in [5.41, 5.74) is 2.72. The summed E-state index contributed by atoms with van der Waals surface area (Å²) in [5.74, 6) is -0.611. The molecule has 1 aromatic carbocycles. The Hall–Kier alpha value is -3.21. The molecule has 2 N–H and O–H groups in total. The van der Waals surface area contributed by atoms with Crippen molar-refractivity contribution < 1.29 is 14.5 Å². The van der Waals surface area contributed by atoms with Gasteiger partial charge in [0.05, 0.1) is 17.6 Å². The van der Waals surface area contributed by atoms with E-state index in [0.29, 0.717) is 22.1 Å². The van der Waals surface area contributed by atoms with E-state index in [1.54, 1.807) is 13.0 Å². The Balaban J connectivity index is 1.87. The molecular formula is C14H14N6O4S. The minimum absolute atomic E-state index is 0.0497. The van der Waals surface area contributed by atoms with Gasteiger partial charge in [0, 0.05) is 24.1 Å². The minimum Gasteiger partial charge on any atom is -0.301 e. The number of hydrogen-bond donors (Lipinski definition) is 2. The van der Waals surface area contributed by atoms with E-state index in [0.717, 1.165) is 11.3 Å². The van der Waals surface area contributed by atoms with Crippen LogP contribution < -0.4 is 10.7 Å². The number of anilines is 1. The van der Waals surface area contributed by atoms with Crippen LogP contribution in [0.3, 0.4) is 0 Å². The molecule has 0 aliphatic rings. The van der Waals surface area contributed by atoms with Crippen molar-refractivity contribution in [1.82, 2.24) is 15.6 Å². The van der Waals surface area contributed by atoms with Crippen LogP contribution in [0.4, 0.5) is 10.8 Å². The molecule has 10 nitrogen and oxygen atoms in total. The summed E-state index contributed by atoms with van der Waals surface area (Å²) in [5, 5.41) is 25.3. The standard InChI is InChI=1S/C14H14N6O4S/c1-2-11(21)16-14-19-18-13(25-14)7-12(22)17-15-8-9-4-3-5-10(6-9)20(23)24/h3-6,8H,2,7H2,1H3,(H,17,22)(H,16,19,21)/b15-8-. The maximum absolute atomic E-state index is 11.8. The van der Waals surface area contributed by atoms with Crippen LogP contribution in [0.1, 0.15) is 23.9 Å². The van der Waals surface area contributed by atoms with Crippen molar-refractivity contribution in [3.63, 3.8) is 0 Å². The first-order valence-electron chi connectivity index (χ1n) is 7.16. The van der Waals surface area contributed by atoms with Crippen molar-refractivity contribution in [2.75, 3.05) is 5.32 Å². The van der Waals surface area contributed by atoms with Crippen LogP contribution in [-0.4, -0.2) is 33.1 Å². The topological polar surface area (TPSA) is 139 Å². The highest BCUT2D eigenvalue weighted by atomic mass is 32.1. The number of carbonyl (C=O) groups is 2. The molecule has 0 bridgehead atoms. The highest BCUT2D eigenvalue weighted by Gasteiger charge is 2.10. The van der Waals surface area contributed by atoms with Gasteiger partial charge in [-0.2, -0.15) is 5.10 Å². The van der Waals surface area contributed by atoms with Crippen LogP contribution in [0.5, 0.6) is 0 Å². The quantitative estimate of drug-likeness (QED) is 0.434. The molecule has 1 aromatic heterocycles. The Kier molecular flexibility index (Phi) is 6.23. The van der Waals surface area contributed by atoms with Crippen LogP contribution in [-0.2, 0) is 16.0 Å². The number of hydrogen-bond acceptors (Lipinski definition) is 8. The molecule has 2 rings (SSSR count). The van der Waals surface area contributed by atoms with Crippen molar-refractivity contribution in [3.8, 4) is 0 Å². The van der Waals surface area contributed by atoms with Gasteiger partial charge in [0.25, 0.3) is 5.69 Å². The van der Waals surface area contributed by atoms with Gasteiger partial charge in [-0.25, -0.2) is 5.43 Å². The molecule has 25 heavy (non-hydrogen) atoms. The lowest BCUT2D eigenvalue weighted by Gasteiger charge is -1.97. The van der Waals surface area contributed by atoms with Crippen molar-refractivity contribution in [2.24, 2.45) is 5.10 Å². The number of nitro groups is 1. The van der Waals surface area contributed by atoms with Crippen LogP contribution in [0.15, 0.2) is 29.4 Å². The second-order valence-corrected chi connectivity index (χ2v) is 5.79. The number of amides is 2. The molecule has 0 unspecified atom stereocenters. The van der Waals surface area contributed by atoms with Crippen LogP contribution in [0.25, 0.3) is 0 Å². The van der Waals surface area contributed by atoms with Crippen LogP contribution >= 0.6 is 11.3 Å². The molecule has 1 heterocycles. The fourth-order valence-electron chi connectivity index (χ4n) is 1.66. The molecule has 0 aliphatic carbocycles. The third-order valence-electron chi connectivity index (χ3n) is 2.83. The van der Waals surface area contributed by atoms with Gasteiger partial charge in [0.1, 0.15) is 5.01 Å². The molecule has 0 fully saturated rings. The smallest absolute Gasteiger partial charge is 0.270 e. The van der Waals surface area contributed by atoms with Crippen LogP contribution in [0, 0.1) is 10.1 Å². The van der Waals surface area contributed by atoms with Gasteiger partial charge in [0.2, 0.25) is 16.9 Å². The maximum Gasteiger partial charge on any atom is 0.270 e. The van der Waals surface area contributed by atoms with E-state index >= 15 is 0 Å². The molecular weight excluding hydrogens is 348 g/mol. The van der Waals surface area contributed by atoms with E-state index in [4.69, 9.17) is 0 Å². The Bertz CT molecular complexity index is 819. The largest absolute Gasteiger partial charge is 0.301 e. The zero-order chi connectivity index (χ0) is 18.2. The van der Waals surface area contributed by atoms with E-state index in [2.05, 4.69) is 26.0 Å². The lowest BCUT2D eigenvalue weighted by molar-refractivity contribution is -0.384. The van der Waals surface area contributed by atoms with E-state index in [-0.39, 0.29) is 18.0 Å². The molecule has 0 spiro atoms. The Labute approximate surface area is 146 Å². The zero-order valence-corrected chi connectivity index (χ0v) is 13.9. The van der Waals surface area contributed by atoms with E-state index in [1.165, 1.54) is 24.4 Å². The molecule has 130 valence electrons. The number of rotatable bonds is 7. The molecule has 0 saturated carbocycles. The summed E-state index contributed by atoms with van der Waals surface area (Å²) in [4.78, 5) is 33.2. The normalized spacial score (nSPS) is 10.6. The van der Waals surface area contributed by atoms with E-state index in [1.807, 2.05) is 0 Å². The van der Waals surface area contributed by atoms with Gasteiger partial charge in [-0.3, -0.25) is 19.7 Å². The summed E-state index contributed by atoms with van der Waals surface area (Å²) in [6, 6.07) is 5.84. The lowest BCUT2D eigenvalue weighted by Crippen LogP contribution is -2.19. The Morgan fingerprint density at radius 2 is 2.16 bits per heavy atom. The summed E-state index contributed by atoms with van der Waals surface area (Å²) in [6.45, 7) is 1.71. The van der Waals surface area contributed by atoms with Gasteiger partial charge < -0.3 is 5.32 Å². The molecule has 0 aliphatic heterocycles. The van der Waals surface area contributed by atoms with Gasteiger partial charge in [-0.15, -0.1) is 10.2 Å². The van der Waals surface area contributed by atoms with E-state index < -0.39 is 10.8 Å². The third-order valence-corrected chi connectivity index (χ3v) is 3.67. The zero-order valence-electron chi connectivity index (χ0n) is 13.1. The third kappa shape index (κ3) is 5.73. The second-order valence-electron chi connectivity index (χ2n) is 4.72. The molecule has 0 atom stereocenters. The van der Waals surface area contributed by atoms with E-state index in [9.17, 15) is 19.7 Å². The van der Waals surface area contributed by atoms with Crippen LogP contribution in [0.2, 0.25) is 0 Å². The predicted octanol–water partition coefficient (Wildman–Crippen LogP) is 1.49.